The molecule has 0 spiro atoms. The summed E-state index contributed by atoms with van der Waals surface area (Å²) >= 11 is 1.40. The lowest BCUT2D eigenvalue weighted by atomic mass is 9.87. The van der Waals surface area contributed by atoms with Crippen LogP contribution < -0.4 is 0 Å². The molecule has 0 fully saturated rings. The first-order chi connectivity index (χ1) is 10.8. The maximum Gasteiger partial charge on any atom is 0.236 e. The molecule has 0 N–H and O–H groups in total. The number of thiazole rings is 1. The van der Waals surface area contributed by atoms with Gasteiger partial charge in [-0.2, -0.15) is 0 Å². The second-order valence-electron chi connectivity index (χ2n) is 6.26. The smallest absolute Gasteiger partial charge is 0.229 e. The Morgan fingerprint density at radius 2 is 1.65 bits per heavy atom. The molecule has 0 saturated heterocycles. The molecule has 0 aliphatic carbocycles. The molecule has 1 heterocycles. The maximum atomic E-state index is 12.6. The van der Waals surface area contributed by atoms with E-state index < -0.39 is 8.87 Å². The van der Waals surface area contributed by atoms with Crippen molar-refractivity contribution < 1.29 is 8.42 Å². The maximum absolute atomic E-state index is 12.6. The van der Waals surface area contributed by atoms with Crippen LogP contribution in [0, 0.1) is 0 Å². The van der Waals surface area contributed by atoms with Gasteiger partial charge in [0.2, 0.25) is 8.87 Å². The monoisotopic (exact) mass is 363 g/mol. The molecular weight excluding hydrogens is 346 g/mol. The SMILES string of the molecule is CC(C)(C)c1ccc(S(=O)(=O)Sc2nc3ccccc3s2)cc1. The molecule has 0 aliphatic rings. The van der Waals surface area contributed by atoms with Crippen LogP contribution in [0.25, 0.3) is 10.2 Å². The molecule has 3 nitrogen and oxygen atoms in total. The number of hydrogen-bond donors (Lipinski definition) is 0. The Bertz CT molecular complexity index is 903. The third-order valence-electron chi connectivity index (χ3n) is 3.46. The summed E-state index contributed by atoms with van der Waals surface area (Å²) in [4.78, 5) is 4.70. The Kier molecular flexibility index (Phi) is 4.25. The van der Waals surface area contributed by atoms with E-state index in [2.05, 4.69) is 25.8 Å². The van der Waals surface area contributed by atoms with Crippen LogP contribution in [0.5, 0.6) is 0 Å². The van der Waals surface area contributed by atoms with Crippen molar-refractivity contribution in [2.45, 2.75) is 35.4 Å². The Morgan fingerprint density at radius 1 is 1.00 bits per heavy atom. The van der Waals surface area contributed by atoms with Gasteiger partial charge in [-0.25, -0.2) is 13.4 Å². The number of para-hydroxylation sites is 1. The minimum absolute atomic E-state index is 0.00245. The molecule has 23 heavy (non-hydrogen) atoms. The van der Waals surface area contributed by atoms with Gasteiger partial charge in [0.25, 0.3) is 0 Å². The number of aromatic nitrogens is 1. The van der Waals surface area contributed by atoms with Crippen molar-refractivity contribution in [1.82, 2.24) is 4.98 Å². The van der Waals surface area contributed by atoms with Gasteiger partial charge in [0, 0.05) is 10.8 Å². The Labute approximate surface area is 144 Å². The number of hydrogen-bond acceptors (Lipinski definition) is 5. The van der Waals surface area contributed by atoms with Gasteiger partial charge in [-0.15, -0.1) is 11.3 Å². The van der Waals surface area contributed by atoms with Crippen molar-refractivity contribution in [3.63, 3.8) is 0 Å². The van der Waals surface area contributed by atoms with E-state index in [-0.39, 0.29) is 5.41 Å². The third-order valence-corrected chi connectivity index (χ3v) is 8.12. The molecule has 0 aliphatic heterocycles. The summed E-state index contributed by atoms with van der Waals surface area (Å²) in [6.07, 6.45) is 0. The van der Waals surface area contributed by atoms with Crippen molar-refractivity contribution >= 4 is 41.2 Å². The van der Waals surface area contributed by atoms with E-state index >= 15 is 0 Å². The average molecular weight is 364 g/mol. The van der Waals surface area contributed by atoms with Crippen molar-refractivity contribution in [1.29, 1.82) is 0 Å². The molecule has 0 atom stereocenters. The predicted octanol–water partition coefficient (Wildman–Crippen LogP) is 5.07. The lowest BCUT2D eigenvalue weighted by Gasteiger charge is -2.18. The topological polar surface area (TPSA) is 47.0 Å². The fourth-order valence-corrected chi connectivity index (χ4v) is 6.55. The minimum atomic E-state index is -3.46. The minimum Gasteiger partial charge on any atom is -0.229 e. The lowest BCUT2D eigenvalue weighted by Crippen LogP contribution is -2.10. The molecule has 0 bridgehead atoms. The highest BCUT2D eigenvalue weighted by Gasteiger charge is 2.21. The standard InChI is InChI=1S/C17H17NO2S3/c1-17(2,3)12-8-10-13(11-9-12)23(19,20)22-16-18-14-6-4-5-7-15(14)21-16/h4-11H,1-3H3. The summed E-state index contributed by atoms with van der Waals surface area (Å²) in [5.41, 5.74) is 1.95. The van der Waals surface area contributed by atoms with E-state index in [1.54, 1.807) is 12.1 Å². The fraction of sp³-hybridized carbons (Fsp3) is 0.235. The quantitative estimate of drug-likeness (QED) is 0.609. The van der Waals surface area contributed by atoms with Crippen molar-refractivity contribution in [3.8, 4) is 0 Å². The van der Waals surface area contributed by atoms with Crippen LogP contribution in [0.2, 0.25) is 0 Å². The van der Waals surface area contributed by atoms with Crippen LogP contribution in [0.1, 0.15) is 26.3 Å². The first-order valence-electron chi connectivity index (χ1n) is 7.16. The number of fused-ring (bicyclic) bond motifs is 1. The van der Waals surface area contributed by atoms with Crippen LogP contribution >= 0.6 is 22.1 Å². The van der Waals surface area contributed by atoms with Crippen LogP contribution in [-0.2, 0) is 14.3 Å². The van der Waals surface area contributed by atoms with Gasteiger partial charge in [0.1, 0.15) is 0 Å². The van der Waals surface area contributed by atoms with Crippen molar-refractivity contribution in [2.24, 2.45) is 0 Å². The molecule has 0 amide bonds. The summed E-state index contributed by atoms with van der Waals surface area (Å²) in [5.74, 6) is 0. The summed E-state index contributed by atoms with van der Waals surface area (Å²) in [5, 5.41) is 0. The highest BCUT2D eigenvalue weighted by Crippen LogP contribution is 2.36. The second-order valence-corrected chi connectivity index (χ2v) is 11.3. The molecule has 0 saturated carbocycles. The van der Waals surface area contributed by atoms with Crippen LogP contribution in [0.4, 0.5) is 0 Å². The van der Waals surface area contributed by atoms with Gasteiger partial charge < -0.3 is 0 Å². The van der Waals surface area contributed by atoms with Crippen LogP contribution in [-0.4, -0.2) is 13.4 Å². The zero-order valence-electron chi connectivity index (χ0n) is 13.1. The number of nitrogens with zero attached hydrogens (tertiary/aromatic N) is 1. The molecule has 2 aromatic carbocycles. The van der Waals surface area contributed by atoms with E-state index in [0.717, 1.165) is 26.6 Å². The molecule has 0 radical (unpaired) electrons. The summed E-state index contributed by atoms with van der Waals surface area (Å²) in [7, 11) is -2.64. The molecule has 0 unspecified atom stereocenters. The average Bonchev–Trinajstić information content (AvgIpc) is 2.87. The van der Waals surface area contributed by atoms with E-state index in [4.69, 9.17) is 0 Å². The van der Waals surface area contributed by atoms with Gasteiger partial charge >= 0.3 is 0 Å². The Balaban J connectivity index is 1.89. The first kappa shape index (κ1) is 16.5. The Morgan fingerprint density at radius 3 is 2.26 bits per heavy atom. The lowest BCUT2D eigenvalue weighted by molar-refractivity contribution is 0.588. The van der Waals surface area contributed by atoms with E-state index in [1.807, 2.05) is 36.4 Å². The van der Waals surface area contributed by atoms with Gasteiger partial charge in [0.15, 0.2) is 4.34 Å². The van der Waals surface area contributed by atoms with Gasteiger partial charge in [-0.05, 0) is 35.2 Å². The molecule has 120 valence electrons. The first-order valence-corrected chi connectivity index (χ1v) is 10.8. The molecular formula is C17H17NO2S3. The second kappa shape index (κ2) is 5.92. The van der Waals surface area contributed by atoms with Gasteiger partial charge in [-0.3, -0.25) is 0 Å². The summed E-state index contributed by atoms with van der Waals surface area (Å²) < 4.78 is 26.7. The predicted molar refractivity (Wildman–Crippen MR) is 97.8 cm³/mol. The summed E-state index contributed by atoms with van der Waals surface area (Å²) in [6, 6.07) is 14.8. The fourth-order valence-electron chi connectivity index (χ4n) is 2.15. The van der Waals surface area contributed by atoms with Crippen LogP contribution in [0.3, 0.4) is 0 Å². The molecule has 6 heteroatoms. The molecule has 1 aromatic heterocycles. The Hall–Kier alpha value is -1.37. The highest BCUT2D eigenvalue weighted by molar-refractivity contribution is 8.72. The van der Waals surface area contributed by atoms with Gasteiger partial charge in [-0.1, -0.05) is 45.0 Å². The largest absolute Gasteiger partial charge is 0.236 e. The van der Waals surface area contributed by atoms with Gasteiger partial charge in [0.05, 0.1) is 15.1 Å². The van der Waals surface area contributed by atoms with Crippen molar-refractivity contribution in [2.75, 3.05) is 0 Å². The third kappa shape index (κ3) is 3.59. The van der Waals surface area contributed by atoms with Crippen LogP contribution in [0.15, 0.2) is 57.8 Å². The summed E-state index contributed by atoms with van der Waals surface area (Å²) in [6.45, 7) is 6.31. The van der Waals surface area contributed by atoms with Crippen molar-refractivity contribution in [3.05, 3.63) is 54.1 Å². The van der Waals surface area contributed by atoms with E-state index in [1.165, 1.54) is 11.3 Å². The highest BCUT2D eigenvalue weighted by atomic mass is 33.1. The number of rotatable bonds is 3. The number of benzene rings is 2. The molecule has 3 aromatic rings. The zero-order valence-corrected chi connectivity index (χ0v) is 15.6. The molecule has 3 rings (SSSR count). The van der Waals surface area contributed by atoms with E-state index in [9.17, 15) is 8.42 Å². The zero-order chi connectivity index (χ0) is 16.7. The normalized spacial score (nSPS) is 12.7. The van der Waals surface area contributed by atoms with E-state index in [0.29, 0.717) is 9.24 Å².